The third kappa shape index (κ3) is 3.74. The molecule has 0 saturated carbocycles. The van der Waals surface area contributed by atoms with Crippen molar-refractivity contribution >= 4 is 0 Å². The van der Waals surface area contributed by atoms with E-state index < -0.39 is 5.60 Å². The quantitative estimate of drug-likeness (QED) is 0.820. The number of aryl methyl sites for hydroxylation is 1. The van der Waals surface area contributed by atoms with E-state index in [-0.39, 0.29) is 0 Å². The number of benzene rings is 1. The molecule has 1 rings (SSSR count). The lowest BCUT2D eigenvalue weighted by molar-refractivity contribution is -0.0162. The number of ether oxygens (including phenoxy) is 1. The Balaban J connectivity index is 2.59. The van der Waals surface area contributed by atoms with Crippen molar-refractivity contribution in [1.82, 2.24) is 0 Å². The van der Waals surface area contributed by atoms with Gasteiger partial charge in [-0.05, 0) is 42.9 Å². The highest BCUT2D eigenvalue weighted by atomic mass is 16.5. The van der Waals surface area contributed by atoms with Gasteiger partial charge in [0, 0.05) is 0 Å². The molecule has 1 atom stereocenters. The van der Waals surface area contributed by atoms with Crippen LogP contribution in [0.5, 0.6) is 5.75 Å². The van der Waals surface area contributed by atoms with Gasteiger partial charge < -0.3 is 9.84 Å². The van der Waals surface area contributed by atoms with E-state index in [2.05, 4.69) is 26.0 Å². The number of aliphatic hydroxyl groups is 1. The highest BCUT2D eigenvalue weighted by Gasteiger charge is 2.28. The first kappa shape index (κ1) is 14.0. The molecule has 0 aliphatic carbocycles. The molecule has 1 N–H and O–H groups in total. The molecule has 1 unspecified atom stereocenters. The van der Waals surface area contributed by atoms with E-state index in [0.717, 1.165) is 25.0 Å². The first-order valence-electron chi connectivity index (χ1n) is 6.37. The van der Waals surface area contributed by atoms with Crippen molar-refractivity contribution in [3.63, 3.8) is 0 Å². The van der Waals surface area contributed by atoms with E-state index in [4.69, 9.17) is 4.74 Å². The van der Waals surface area contributed by atoms with Crippen LogP contribution in [0.3, 0.4) is 0 Å². The minimum atomic E-state index is -0.542. The van der Waals surface area contributed by atoms with Crippen molar-refractivity contribution in [1.29, 1.82) is 0 Å². The van der Waals surface area contributed by atoms with Crippen LogP contribution in [0.2, 0.25) is 0 Å². The molecular formula is C15H24O2. The molecule has 96 valence electrons. The van der Waals surface area contributed by atoms with E-state index in [1.54, 1.807) is 7.11 Å². The molecule has 0 spiro atoms. The first-order chi connectivity index (χ1) is 8.01. The molecule has 1 aromatic rings. The van der Waals surface area contributed by atoms with E-state index in [1.165, 1.54) is 5.56 Å². The van der Waals surface area contributed by atoms with Gasteiger partial charge in [-0.2, -0.15) is 0 Å². The topological polar surface area (TPSA) is 29.5 Å². The zero-order valence-electron chi connectivity index (χ0n) is 11.4. The molecule has 0 saturated heterocycles. The van der Waals surface area contributed by atoms with Crippen molar-refractivity contribution in [2.75, 3.05) is 7.11 Å². The van der Waals surface area contributed by atoms with Crippen LogP contribution in [0.1, 0.15) is 39.2 Å². The smallest absolute Gasteiger partial charge is 0.118 e. The molecule has 0 aliphatic rings. The zero-order chi connectivity index (χ0) is 12.9. The standard InChI is InChI=1S/C15H24O2/c1-5-15(16,12(2)3)11-10-13-6-8-14(17-4)9-7-13/h6-9,12,16H,5,10-11H2,1-4H3. The molecule has 0 amide bonds. The summed E-state index contributed by atoms with van der Waals surface area (Å²) in [5.74, 6) is 1.18. The minimum Gasteiger partial charge on any atom is -0.497 e. The van der Waals surface area contributed by atoms with Gasteiger partial charge in [-0.3, -0.25) is 0 Å². The summed E-state index contributed by atoms with van der Waals surface area (Å²) in [5.41, 5.74) is 0.707. The predicted molar refractivity (Wildman–Crippen MR) is 71.4 cm³/mol. The summed E-state index contributed by atoms with van der Waals surface area (Å²) in [6, 6.07) is 8.07. The third-order valence-corrected chi connectivity index (χ3v) is 3.69. The Morgan fingerprint density at radius 2 is 1.82 bits per heavy atom. The molecule has 2 nitrogen and oxygen atoms in total. The van der Waals surface area contributed by atoms with Gasteiger partial charge in [0.1, 0.15) is 5.75 Å². The van der Waals surface area contributed by atoms with Crippen molar-refractivity contribution in [3.8, 4) is 5.75 Å². The molecule has 1 aromatic carbocycles. The molecule has 0 aromatic heterocycles. The monoisotopic (exact) mass is 236 g/mol. The third-order valence-electron chi connectivity index (χ3n) is 3.69. The van der Waals surface area contributed by atoms with Crippen LogP contribution in [0.4, 0.5) is 0 Å². The fourth-order valence-electron chi connectivity index (χ4n) is 2.03. The summed E-state index contributed by atoms with van der Waals surface area (Å²) >= 11 is 0. The first-order valence-corrected chi connectivity index (χ1v) is 6.37. The predicted octanol–water partition coefficient (Wildman–Crippen LogP) is 3.42. The molecule has 2 heteroatoms. The van der Waals surface area contributed by atoms with Crippen LogP contribution in [-0.4, -0.2) is 17.8 Å². The summed E-state index contributed by atoms with van der Waals surface area (Å²) in [7, 11) is 1.67. The molecule has 0 fully saturated rings. The summed E-state index contributed by atoms with van der Waals surface area (Å²) in [6.45, 7) is 6.21. The Bertz CT molecular complexity index is 329. The van der Waals surface area contributed by atoms with Gasteiger partial charge in [0.2, 0.25) is 0 Å². The van der Waals surface area contributed by atoms with E-state index in [1.807, 2.05) is 19.1 Å². The Morgan fingerprint density at radius 3 is 2.24 bits per heavy atom. The van der Waals surface area contributed by atoms with Crippen molar-refractivity contribution in [2.24, 2.45) is 5.92 Å². The Morgan fingerprint density at radius 1 is 1.24 bits per heavy atom. The van der Waals surface area contributed by atoms with E-state index in [9.17, 15) is 5.11 Å². The number of rotatable bonds is 6. The molecular weight excluding hydrogens is 212 g/mol. The highest BCUT2D eigenvalue weighted by molar-refractivity contribution is 5.27. The average Bonchev–Trinajstić information content (AvgIpc) is 2.36. The second-order valence-corrected chi connectivity index (χ2v) is 4.96. The SMILES string of the molecule is CCC(O)(CCc1ccc(OC)cc1)C(C)C. The van der Waals surface area contributed by atoms with Crippen LogP contribution >= 0.6 is 0 Å². The lowest BCUT2D eigenvalue weighted by atomic mass is 9.83. The van der Waals surface area contributed by atoms with Gasteiger partial charge in [0.15, 0.2) is 0 Å². The van der Waals surface area contributed by atoms with Gasteiger partial charge in [-0.15, -0.1) is 0 Å². The summed E-state index contributed by atoms with van der Waals surface area (Å²) in [4.78, 5) is 0. The van der Waals surface area contributed by atoms with E-state index >= 15 is 0 Å². The molecule has 0 heterocycles. The number of methoxy groups -OCH3 is 1. The lowest BCUT2D eigenvalue weighted by Crippen LogP contribution is -2.34. The summed E-state index contributed by atoms with van der Waals surface area (Å²) in [5, 5.41) is 10.4. The van der Waals surface area contributed by atoms with Gasteiger partial charge in [0.25, 0.3) is 0 Å². The Labute approximate surface area is 105 Å². The highest BCUT2D eigenvalue weighted by Crippen LogP contribution is 2.27. The minimum absolute atomic E-state index is 0.297. The van der Waals surface area contributed by atoms with Gasteiger partial charge >= 0.3 is 0 Å². The van der Waals surface area contributed by atoms with Crippen molar-refractivity contribution in [3.05, 3.63) is 29.8 Å². The van der Waals surface area contributed by atoms with Gasteiger partial charge in [-0.1, -0.05) is 32.9 Å². The normalized spacial score (nSPS) is 14.7. The van der Waals surface area contributed by atoms with E-state index in [0.29, 0.717) is 5.92 Å². The maximum Gasteiger partial charge on any atom is 0.118 e. The number of hydrogen-bond acceptors (Lipinski definition) is 2. The molecule has 0 bridgehead atoms. The zero-order valence-corrected chi connectivity index (χ0v) is 11.4. The fraction of sp³-hybridized carbons (Fsp3) is 0.600. The maximum atomic E-state index is 10.4. The van der Waals surface area contributed by atoms with Crippen LogP contribution in [0.15, 0.2) is 24.3 Å². The van der Waals surface area contributed by atoms with Crippen LogP contribution in [0, 0.1) is 5.92 Å². The average molecular weight is 236 g/mol. The molecule has 17 heavy (non-hydrogen) atoms. The van der Waals surface area contributed by atoms with Crippen LogP contribution < -0.4 is 4.74 Å². The van der Waals surface area contributed by atoms with Crippen LogP contribution in [0.25, 0.3) is 0 Å². The number of hydrogen-bond donors (Lipinski definition) is 1. The Hall–Kier alpha value is -1.02. The van der Waals surface area contributed by atoms with Gasteiger partial charge in [-0.25, -0.2) is 0 Å². The molecule has 0 aliphatic heterocycles. The van der Waals surface area contributed by atoms with Gasteiger partial charge in [0.05, 0.1) is 12.7 Å². The van der Waals surface area contributed by atoms with Crippen molar-refractivity contribution < 1.29 is 9.84 Å². The summed E-state index contributed by atoms with van der Waals surface area (Å²) in [6.07, 6.45) is 2.53. The largest absolute Gasteiger partial charge is 0.497 e. The second-order valence-electron chi connectivity index (χ2n) is 4.96. The fourth-order valence-corrected chi connectivity index (χ4v) is 2.03. The Kier molecular flexibility index (Phi) is 5.01. The maximum absolute atomic E-state index is 10.4. The molecule has 0 radical (unpaired) electrons. The lowest BCUT2D eigenvalue weighted by Gasteiger charge is -2.31. The van der Waals surface area contributed by atoms with Crippen LogP contribution in [-0.2, 0) is 6.42 Å². The van der Waals surface area contributed by atoms with Crippen molar-refractivity contribution in [2.45, 2.75) is 45.6 Å². The second kappa shape index (κ2) is 6.06. The summed E-state index contributed by atoms with van der Waals surface area (Å²) < 4.78 is 5.12.